The molecule has 1 unspecified atom stereocenters. The zero-order valence-corrected chi connectivity index (χ0v) is 20.6. The van der Waals surface area contributed by atoms with Crippen LogP contribution in [0.15, 0.2) is 42.6 Å². The highest BCUT2D eigenvalue weighted by Gasteiger charge is 2.15. The molecule has 1 N–H and O–H groups in total. The van der Waals surface area contributed by atoms with Crippen molar-refractivity contribution in [1.29, 1.82) is 0 Å². The van der Waals surface area contributed by atoms with E-state index in [0.717, 1.165) is 44.4 Å². The Hall–Kier alpha value is -3.06. The second-order valence-electron chi connectivity index (χ2n) is 8.17. The van der Waals surface area contributed by atoms with Gasteiger partial charge in [0.2, 0.25) is 0 Å². The standard InChI is InChI=1S/C26H30FN3O2S/c1-6-17(3)32-24-15-25(33-18(24)4)22-14-19(9-10-29-22)28-11-12-30-16(2)13-20-23(31-5)8-7-21(27)26(20)30/h7-10,13-15,17H,6,11-12H2,1-5H3,(H,28,29). The fourth-order valence-electron chi connectivity index (χ4n) is 3.90. The van der Waals surface area contributed by atoms with Crippen LogP contribution in [0.3, 0.4) is 0 Å². The zero-order valence-electron chi connectivity index (χ0n) is 19.7. The number of benzene rings is 1. The summed E-state index contributed by atoms with van der Waals surface area (Å²) >= 11 is 1.69. The number of pyridine rings is 1. The van der Waals surface area contributed by atoms with Crippen molar-refractivity contribution in [3.05, 3.63) is 59.0 Å². The smallest absolute Gasteiger partial charge is 0.147 e. The molecule has 1 atom stereocenters. The number of aromatic nitrogens is 2. The number of thiophene rings is 1. The van der Waals surface area contributed by atoms with Gasteiger partial charge in [0.1, 0.15) is 17.3 Å². The first-order valence-corrected chi connectivity index (χ1v) is 12.0. The van der Waals surface area contributed by atoms with Gasteiger partial charge < -0.3 is 19.4 Å². The second-order valence-corrected chi connectivity index (χ2v) is 9.43. The van der Waals surface area contributed by atoms with Crippen LogP contribution in [0.25, 0.3) is 21.5 Å². The number of hydrogen-bond acceptors (Lipinski definition) is 5. The van der Waals surface area contributed by atoms with Crippen LogP contribution in [0.2, 0.25) is 0 Å². The van der Waals surface area contributed by atoms with Gasteiger partial charge in [-0.15, -0.1) is 11.3 Å². The van der Waals surface area contributed by atoms with Gasteiger partial charge in [0.25, 0.3) is 0 Å². The van der Waals surface area contributed by atoms with E-state index in [1.54, 1.807) is 24.5 Å². The number of anilines is 1. The Morgan fingerprint density at radius 1 is 1.15 bits per heavy atom. The van der Waals surface area contributed by atoms with Gasteiger partial charge in [-0.1, -0.05) is 6.92 Å². The number of ether oxygens (including phenoxy) is 2. The molecule has 174 valence electrons. The normalized spacial score (nSPS) is 12.2. The minimum atomic E-state index is -0.242. The maximum absolute atomic E-state index is 14.6. The molecule has 3 heterocycles. The summed E-state index contributed by atoms with van der Waals surface area (Å²) in [5.41, 5.74) is 3.45. The van der Waals surface area contributed by atoms with Gasteiger partial charge in [-0.25, -0.2) is 4.39 Å². The molecule has 0 amide bonds. The summed E-state index contributed by atoms with van der Waals surface area (Å²) in [4.78, 5) is 6.78. The van der Waals surface area contributed by atoms with E-state index in [9.17, 15) is 4.39 Å². The van der Waals surface area contributed by atoms with Crippen LogP contribution in [0.5, 0.6) is 11.5 Å². The highest BCUT2D eigenvalue weighted by atomic mass is 32.1. The first-order chi connectivity index (χ1) is 15.9. The molecule has 1 aromatic carbocycles. The number of methoxy groups -OCH3 is 1. The van der Waals surface area contributed by atoms with Crippen molar-refractivity contribution >= 4 is 27.9 Å². The van der Waals surface area contributed by atoms with Gasteiger partial charge in [0, 0.05) is 47.0 Å². The summed E-state index contributed by atoms with van der Waals surface area (Å²) in [7, 11) is 1.61. The lowest BCUT2D eigenvalue weighted by molar-refractivity contribution is 0.217. The van der Waals surface area contributed by atoms with Crippen molar-refractivity contribution in [3.8, 4) is 22.1 Å². The molecule has 0 radical (unpaired) electrons. The van der Waals surface area contributed by atoms with Crippen molar-refractivity contribution in [1.82, 2.24) is 9.55 Å². The Morgan fingerprint density at radius 3 is 2.73 bits per heavy atom. The maximum Gasteiger partial charge on any atom is 0.147 e. The fraction of sp³-hybridized carbons (Fsp3) is 0.346. The summed E-state index contributed by atoms with van der Waals surface area (Å²) in [5, 5.41) is 4.25. The molecular weight excluding hydrogens is 437 g/mol. The highest BCUT2D eigenvalue weighted by Crippen LogP contribution is 2.36. The maximum atomic E-state index is 14.6. The van der Waals surface area contributed by atoms with Crippen LogP contribution >= 0.6 is 11.3 Å². The molecule has 5 nitrogen and oxygen atoms in total. The van der Waals surface area contributed by atoms with E-state index in [0.29, 0.717) is 24.4 Å². The van der Waals surface area contributed by atoms with Gasteiger partial charge in [-0.05, 0) is 57.5 Å². The third-order valence-electron chi connectivity index (χ3n) is 5.85. The molecule has 4 rings (SSSR count). The van der Waals surface area contributed by atoms with E-state index < -0.39 is 0 Å². The van der Waals surface area contributed by atoms with Crippen molar-refractivity contribution in [2.75, 3.05) is 19.0 Å². The van der Waals surface area contributed by atoms with E-state index in [-0.39, 0.29) is 11.9 Å². The summed E-state index contributed by atoms with van der Waals surface area (Å²) in [6.07, 6.45) is 2.96. The molecule has 0 aliphatic rings. The van der Waals surface area contributed by atoms with Crippen molar-refractivity contribution < 1.29 is 13.9 Å². The van der Waals surface area contributed by atoms with Crippen molar-refractivity contribution in [2.45, 2.75) is 46.8 Å². The number of halogens is 1. The quantitative estimate of drug-likeness (QED) is 0.293. The van der Waals surface area contributed by atoms with Gasteiger partial charge >= 0.3 is 0 Å². The second kappa shape index (κ2) is 9.83. The summed E-state index contributed by atoms with van der Waals surface area (Å²) in [5.74, 6) is 1.37. The highest BCUT2D eigenvalue weighted by molar-refractivity contribution is 7.15. The molecule has 4 aromatic rings. The molecule has 0 saturated carbocycles. The molecule has 7 heteroatoms. The van der Waals surface area contributed by atoms with Crippen LogP contribution in [0, 0.1) is 19.7 Å². The molecule has 0 spiro atoms. The fourth-order valence-corrected chi connectivity index (χ4v) is 4.82. The Kier molecular flexibility index (Phi) is 6.88. The Morgan fingerprint density at radius 2 is 1.97 bits per heavy atom. The Balaban J connectivity index is 1.49. The molecular formula is C26H30FN3O2S. The number of nitrogens with one attached hydrogen (secondary N) is 1. The lowest BCUT2D eigenvalue weighted by Crippen LogP contribution is -2.12. The first kappa shape index (κ1) is 23.1. The van der Waals surface area contributed by atoms with E-state index in [1.165, 1.54) is 6.07 Å². The predicted molar refractivity (Wildman–Crippen MR) is 134 cm³/mol. The largest absolute Gasteiger partial charge is 0.496 e. The van der Waals surface area contributed by atoms with E-state index in [1.807, 2.05) is 35.9 Å². The number of nitrogens with zero attached hydrogens (tertiary/aromatic N) is 2. The lowest BCUT2D eigenvalue weighted by atomic mass is 10.2. The van der Waals surface area contributed by atoms with E-state index in [4.69, 9.17) is 9.47 Å². The summed E-state index contributed by atoms with van der Waals surface area (Å²) in [6.45, 7) is 9.54. The summed E-state index contributed by atoms with van der Waals surface area (Å²) in [6, 6.07) is 11.2. The Labute approximate surface area is 198 Å². The summed E-state index contributed by atoms with van der Waals surface area (Å²) < 4.78 is 28.0. The number of aryl methyl sites for hydroxylation is 2. The van der Waals surface area contributed by atoms with Crippen molar-refractivity contribution in [2.24, 2.45) is 0 Å². The molecule has 0 saturated heterocycles. The molecule has 0 fully saturated rings. The van der Waals surface area contributed by atoms with Crippen LogP contribution in [-0.4, -0.2) is 29.3 Å². The van der Waals surface area contributed by atoms with Crippen molar-refractivity contribution in [3.63, 3.8) is 0 Å². The minimum absolute atomic E-state index is 0.185. The number of fused-ring (bicyclic) bond motifs is 1. The SMILES string of the molecule is CCC(C)Oc1cc(-c2cc(NCCn3c(C)cc4c(OC)ccc(F)c43)ccn2)sc1C. The molecule has 0 bridgehead atoms. The lowest BCUT2D eigenvalue weighted by Gasteiger charge is -2.12. The number of rotatable bonds is 9. The van der Waals surface area contributed by atoms with Gasteiger partial charge in [0.15, 0.2) is 0 Å². The number of hydrogen-bond donors (Lipinski definition) is 1. The molecule has 3 aromatic heterocycles. The first-order valence-electron chi connectivity index (χ1n) is 11.2. The molecule has 0 aliphatic heterocycles. The molecule has 33 heavy (non-hydrogen) atoms. The van der Waals surface area contributed by atoms with Crippen LogP contribution in [-0.2, 0) is 6.54 Å². The average molecular weight is 468 g/mol. The average Bonchev–Trinajstić information content (AvgIpc) is 3.34. The third-order valence-corrected chi connectivity index (χ3v) is 6.90. The van der Waals surface area contributed by atoms with Crippen LogP contribution < -0.4 is 14.8 Å². The topological polar surface area (TPSA) is 48.3 Å². The van der Waals surface area contributed by atoms with Gasteiger partial charge in [0.05, 0.1) is 29.3 Å². The minimum Gasteiger partial charge on any atom is -0.496 e. The molecule has 0 aliphatic carbocycles. The zero-order chi connectivity index (χ0) is 23.5. The van der Waals surface area contributed by atoms with Gasteiger partial charge in [-0.3, -0.25) is 4.98 Å². The van der Waals surface area contributed by atoms with Crippen LogP contribution in [0.4, 0.5) is 10.1 Å². The monoisotopic (exact) mass is 467 g/mol. The predicted octanol–water partition coefficient (Wildman–Crippen LogP) is 6.82. The van der Waals surface area contributed by atoms with E-state index in [2.05, 4.69) is 37.1 Å². The van der Waals surface area contributed by atoms with Crippen LogP contribution in [0.1, 0.15) is 30.8 Å². The van der Waals surface area contributed by atoms with Gasteiger partial charge in [-0.2, -0.15) is 0 Å². The Bertz CT molecular complexity index is 1260. The third kappa shape index (κ3) is 4.83. The van der Waals surface area contributed by atoms with E-state index >= 15 is 0 Å².